The number of amides is 2. The fraction of sp³-hybridized carbons (Fsp3) is 0.846. The number of carbonyl (C=O) groups is 2. The van der Waals surface area contributed by atoms with Gasteiger partial charge in [-0.3, -0.25) is 4.79 Å². The maximum Gasteiger partial charge on any atom is 0.315 e. The summed E-state index contributed by atoms with van der Waals surface area (Å²) in [6.45, 7) is 14.8. The third-order valence-electron chi connectivity index (χ3n) is 13.8. The first-order chi connectivity index (χ1) is 21.9. The third-order valence-corrected chi connectivity index (χ3v) is 15.4. The number of rotatable bonds is 10. The molecule has 12 atom stereocenters. The lowest BCUT2D eigenvalue weighted by Crippen LogP contribution is -2.50. The van der Waals surface area contributed by atoms with Gasteiger partial charge in [-0.1, -0.05) is 71.8 Å². The summed E-state index contributed by atoms with van der Waals surface area (Å²) in [7, 11) is 0. The Hall–Kier alpha value is -1.47. The van der Waals surface area contributed by atoms with Gasteiger partial charge in [-0.15, -0.1) is 0 Å². The highest BCUT2D eigenvalue weighted by Crippen LogP contribution is 2.67. The zero-order chi connectivity index (χ0) is 33.2. The van der Waals surface area contributed by atoms with Crippen molar-refractivity contribution in [2.24, 2.45) is 52.3 Å². The summed E-state index contributed by atoms with van der Waals surface area (Å²) in [5, 5.41) is 25.0. The predicted molar refractivity (Wildman–Crippen MR) is 190 cm³/mol. The van der Waals surface area contributed by atoms with Crippen LogP contribution < -0.4 is 10.6 Å². The van der Waals surface area contributed by atoms with E-state index in [4.69, 9.17) is 5.11 Å². The highest BCUT2D eigenvalue weighted by atomic mass is 32.2. The molecule has 6 rings (SSSR count). The maximum absolute atomic E-state index is 11.1. The largest absolute Gasteiger partial charge is 0.481 e. The van der Waals surface area contributed by atoms with Crippen LogP contribution in [0.2, 0.25) is 0 Å². The van der Waals surface area contributed by atoms with Crippen molar-refractivity contribution in [1.29, 1.82) is 0 Å². The molecule has 6 nitrogen and oxygen atoms in total. The lowest BCUT2D eigenvalue weighted by atomic mass is 9.47. The molecule has 46 heavy (non-hydrogen) atoms. The number of carbonyl (C=O) groups excluding carboxylic acids is 1. The van der Waals surface area contributed by atoms with Crippen LogP contribution in [0.4, 0.5) is 4.79 Å². The minimum absolute atomic E-state index is 0.0640. The van der Waals surface area contributed by atoms with E-state index in [1.807, 2.05) is 11.8 Å². The first kappa shape index (κ1) is 35.8. The van der Waals surface area contributed by atoms with E-state index < -0.39 is 5.97 Å². The van der Waals surface area contributed by atoms with E-state index in [1.165, 1.54) is 44.9 Å². The van der Waals surface area contributed by atoms with Crippen molar-refractivity contribution in [1.82, 2.24) is 10.6 Å². The Labute approximate surface area is 283 Å². The van der Waals surface area contributed by atoms with Gasteiger partial charge in [0.1, 0.15) is 0 Å². The van der Waals surface area contributed by atoms with E-state index in [1.54, 1.807) is 5.57 Å². The molecule has 0 unspecified atom stereocenters. The number of hydrogen-bond acceptors (Lipinski definition) is 4. The number of allylic oxidation sites excluding steroid dienone is 3. The summed E-state index contributed by atoms with van der Waals surface area (Å²) in [5.41, 5.74) is 2.51. The number of thioether (sulfide) groups is 1. The van der Waals surface area contributed by atoms with Gasteiger partial charge < -0.3 is 20.8 Å². The predicted octanol–water partition coefficient (Wildman–Crippen LogP) is 8.60. The molecule has 2 saturated heterocycles. The van der Waals surface area contributed by atoms with Gasteiger partial charge in [0.2, 0.25) is 0 Å². The fourth-order valence-electron chi connectivity index (χ4n) is 11.1. The van der Waals surface area contributed by atoms with E-state index in [9.17, 15) is 14.7 Å². The molecule has 2 aliphatic heterocycles. The van der Waals surface area contributed by atoms with E-state index in [0.717, 1.165) is 73.4 Å². The second-order valence-corrected chi connectivity index (χ2v) is 18.0. The van der Waals surface area contributed by atoms with E-state index in [2.05, 4.69) is 70.4 Å². The van der Waals surface area contributed by atoms with Crippen LogP contribution in [-0.4, -0.2) is 51.4 Å². The normalized spacial score (nSPS) is 40.9. The standard InChI is InChI=1S/C29H48O.C10H16N2O3S/c1-7-21(19(2)3)9-8-20(4)25-12-13-26-24-11-10-22-18-23(30)14-16-28(22,5)27(24)15-17-29(25,26)6;13-8(14)4-2-1-3-7-9-6(5-16-7)11-10(15)12-9/h8-10,19-21,23-27,30H,7,11-18H2,1-6H3;6-7,9H,1-5H2,(H,13,14)(H2,11,12,15)/b9-8+;/t20-,21-,23+,24+,25-,26+,27+,28+,29-;6-,7-,9-/m10/s1. The lowest BCUT2D eigenvalue weighted by molar-refractivity contribution is -0.137. The summed E-state index contributed by atoms with van der Waals surface area (Å²) in [4.78, 5) is 21.5. The van der Waals surface area contributed by atoms with Crippen LogP contribution in [0.15, 0.2) is 23.8 Å². The first-order valence-electron chi connectivity index (χ1n) is 18.8. The number of unbranched alkanes of at least 4 members (excludes halogenated alkanes) is 1. The van der Waals surface area contributed by atoms with Gasteiger partial charge in [0.15, 0.2) is 0 Å². The first-order valence-corrected chi connectivity index (χ1v) is 19.9. The zero-order valence-electron chi connectivity index (χ0n) is 29.6. The summed E-state index contributed by atoms with van der Waals surface area (Å²) in [6, 6.07) is 0.440. The van der Waals surface area contributed by atoms with Gasteiger partial charge >= 0.3 is 12.0 Å². The number of aliphatic carboxylic acids is 1. The van der Waals surface area contributed by atoms with E-state index in [0.29, 0.717) is 22.0 Å². The van der Waals surface area contributed by atoms with Crippen molar-refractivity contribution in [2.75, 3.05) is 5.75 Å². The van der Waals surface area contributed by atoms with Gasteiger partial charge in [-0.25, -0.2) is 4.79 Å². The van der Waals surface area contributed by atoms with Crippen LogP contribution in [0.5, 0.6) is 0 Å². The second-order valence-electron chi connectivity index (χ2n) is 16.7. The molecular weight excluding hydrogens is 593 g/mol. The van der Waals surface area contributed by atoms with Crippen LogP contribution in [0.1, 0.15) is 125 Å². The number of aliphatic hydroxyl groups is 1. The molecule has 0 bridgehead atoms. The third kappa shape index (κ3) is 7.40. The quantitative estimate of drug-likeness (QED) is 0.107. The number of aliphatic hydroxyl groups excluding tert-OH is 1. The van der Waals surface area contributed by atoms with Crippen LogP contribution in [0.25, 0.3) is 0 Å². The molecular formula is C39H64N2O4S. The Kier molecular flexibility index (Phi) is 11.7. The number of nitrogens with one attached hydrogen (secondary N) is 2. The van der Waals surface area contributed by atoms with Crippen molar-refractivity contribution >= 4 is 23.8 Å². The summed E-state index contributed by atoms with van der Waals surface area (Å²) in [5.74, 6) is 5.93. The molecule has 0 aromatic carbocycles. The maximum atomic E-state index is 11.1. The van der Waals surface area contributed by atoms with Crippen LogP contribution in [-0.2, 0) is 4.79 Å². The SMILES string of the molecule is CC[C@H](/C=C/[C@@H](C)[C@H]1CC[C@H]2[C@@H]3CC=C4C[C@@H](O)CC[C@]4(C)[C@H]3CC[C@]12C)C(C)C.O=C(O)CCCC[C@@H]1SC[C@@H]2NC(=O)N[C@@H]21. The number of urea groups is 1. The van der Waals surface area contributed by atoms with Crippen molar-refractivity contribution in [3.63, 3.8) is 0 Å². The molecule has 4 N–H and O–H groups in total. The van der Waals surface area contributed by atoms with Gasteiger partial charge in [-0.2, -0.15) is 11.8 Å². The molecule has 4 aliphatic carbocycles. The Morgan fingerprint density at radius 2 is 1.85 bits per heavy atom. The topological polar surface area (TPSA) is 98.7 Å². The number of hydrogen-bond donors (Lipinski definition) is 4. The molecule has 6 aliphatic rings. The molecule has 0 spiro atoms. The highest BCUT2D eigenvalue weighted by molar-refractivity contribution is 8.00. The molecule has 3 saturated carbocycles. The monoisotopic (exact) mass is 656 g/mol. The van der Waals surface area contributed by atoms with Gasteiger partial charge in [0.25, 0.3) is 0 Å². The number of carboxylic acids is 1. The lowest BCUT2D eigenvalue weighted by Gasteiger charge is -2.58. The minimum atomic E-state index is -0.729. The average Bonchev–Trinajstić information content (AvgIpc) is 3.67. The van der Waals surface area contributed by atoms with Crippen LogP contribution >= 0.6 is 11.8 Å². The Morgan fingerprint density at radius 1 is 1.07 bits per heavy atom. The fourth-order valence-corrected chi connectivity index (χ4v) is 12.6. The molecule has 7 heteroatoms. The highest BCUT2D eigenvalue weighted by Gasteiger charge is 2.59. The number of fused-ring (bicyclic) bond motifs is 6. The van der Waals surface area contributed by atoms with Crippen molar-refractivity contribution in [3.8, 4) is 0 Å². The van der Waals surface area contributed by atoms with Gasteiger partial charge in [0, 0.05) is 17.4 Å². The molecule has 0 aromatic rings. The van der Waals surface area contributed by atoms with Crippen molar-refractivity contribution in [2.45, 2.75) is 148 Å². The molecule has 2 heterocycles. The molecule has 260 valence electrons. The van der Waals surface area contributed by atoms with E-state index in [-0.39, 0.29) is 30.6 Å². The zero-order valence-corrected chi connectivity index (χ0v) is 30.4. The number of carboxylic acid groups (broad SMARTS) is 1. The smallest absolute Gasteiger partial charge is 0.315 e. The van der Waals surface area contributed by atoms with Crippen molar-refractivity contribution < 1.29 is 19.8 Å². The Morgan fingerprint density at radius 3 is 2.57 bits per heavy atom. The molecule has 2 amide bonds. The minimum Gasteiger partial charge on any atom is -0.481 e. The second kappa shape index (κ2) is 15.0. The van der Waals surface area contributed by atoms with Crippen molar-refractivity contribution in [3.05, 3.63) is 23.8 Å². The van der Waals surface area contributed by atoms with Crippen LogP contribution in [0.3, 0.4) is 0 Å². The van der Waals surface area contributed by atoms with Gasteiger partial charge in [0.05, 0.1) is 18.2 Å². The molecule has 0 aromatic heterocycles. The average molecular weight is 657 g/mol. The summed E-state index contributed by atoms with van der Waals surface area (Å²) < 4.78 is 0. The molecule has 5 fully saturated rings. The molecule has 0 radical (unpaired) electrons. The summed E-state index contributed by atoms with van der Waals surface area (Å²) in [6.07, 6.45) is 22.0. The summed E-state index contributed by atoms with van der Waals surface area (Å²) >= 11 is 1.87. The van der Waals surface area contributed by atoms with E-state index >= 15 is 0 Å². The van der Waals surface area contributed by atoms with Gasteiger partial charge in [-0.05, 0) is 123 Å². The van der Waals surface area contributed by atoms with Crippen LogP contribution in [0, 0.1) is 52.3 Å². The Bertz CT molecular complexity index is 1140. The Balaban J connectivity index is 0.000000219.